The predicted octanol–water partition coefficient (Wildman–Crippen LogP) is 4.31. The van der Waals surface area contributed by atoms with Gasteiger partial charge in [-0.15, -0.1) is 0 Å². The van der Waals surface area contributed by atoms with Crippen LogP contribution in [0.3, 0.4) is 0 Å². The van der Waals surface area contributed by atoms with E-state index in [2.05, 4.69) is 11.0 Å². The Labute approximate surface area is 177 Å². The molecule has 0 N–H and O–H groups in total. The smallest absolute Gasteiger partial charge is 0.246 e. The van der Waals surface area contributed by atoms with E-state index in [1.165, 1.54) is 11.6 Å². The molecule has 1 amide bonds. The number of halogens is 1. The molecule has 160 valence electrons. The van der Waals surface area contributed by atoms with Crippen LogP contribution in [0, 0.1) is 5.82 Å². The van der Waals surface area contributed by atoms with Crippen molar-refractivity contribution in [3.05, 3.63) is 65.5 Å². The summed E-state index contributed by atoms with van der Waals surface area (Å²) in [7, 11) is 0. The predicted molar refractivity (Wildman–Crippen MR) is 112 cm³/mol. The van der Waals surface area contributed by atoms with Gasteiger partial charge in [-0.05, 0) is 38.3 Å². The molecule has 0 bridgehead atoms. The maximum Gasteiger partial charge on any atom is 0.246 e. The fourth-order valence-corrected chi connectivity index (χ4v) is 4.52. The van der Waals surface area contributed by atoms with Crippen molar-refractivity contribution in [2.75, 3.05) is 19.7 Å². The summed E-state index contributed by atoms with van der Waals surface area (Å²) in [6.45, 7) is 5.31. The van der Waals surface area contributed by atoms with Gasteiger partial charge in [0.2, 0.25) is 5.91 Å². The molecule has 30 heavy (non-hydrogen) atoms. The van der Waals surface area contributed by atoms with Gasteiger partial charge in [-0.25, -0.2) is 9.45 Å². The van der Waals surface area contributed by atoms with Crippen LogP contribution in [0.5, 0.6) is 5.75 Å². The topological polar surface area (TPSA) is 42.0 Å². The molecule has 2 heterocycles. The van der Waals surface area contributed by atoms with Crippen molar-refractivity contribution in [3.63, 3.8) is 0 Å². The summed E-state index contributed by atoms with van der Waals surface area (Å²) in [4.78, 5) is 20.8. The second kappa shape index (κ2) is 9.14. The molecule has 2 fully saturated rings. The number of piperidine rings is 1. The van der Waals surface area contributed by atoms with Crippen molar-refractivity contribution < 1.29 is 18.8 Å². The van der Waals surface area contributed by atoms with E-state index < -0.39 is 0 Å². The zero-order valence-electron chi connectivity index (χ0n) is 17.5. The van der Waals surface area contributed by atoms with Crippen LogP contribution in [0.25, 0.3) is 0 Å². The standard InChI is InChI=1S/C24H29FN2O3/c1-2-29-22-10-6-4-7-19(22)17-26-15-13-24(14-16-26)12-11-23(28)27(24)30-18-20-8-3-5-9-21(20)25/h3-10H,2,11-18H2,1H3. The average molecular weight is 413 g/mol. The molecule has 0 aliphatic carbocycles. The number of likely N-dealkylation sites (tertiary alicyclic amines) is 1. The van der Waals surface area contributed by atoms with Gasteiger partial charge in [0, 0.05) is 37.2 Å². The minimum Gasteiger partial charge on any atom is -0.494 e. The molecule has 6 heteroatoms. The number of benzene rings is 2. The van der Waals surface area contributed by atoms with E-state index in [9.17, 15) is 9.18 Å². The summed E-state index contributed by atoms with van der Waals surface area (Å²) in [5.41, 5.74) is 1.38. The Morgan fingerprint density at radius 1 is 1.00 bits per heavy atom. The second-order valence-corrected chi connectivity index (χ2v) is 8.09. The molecule has 2 aliphatic heterocycles. The maximum atomic E-state index is 13.9. The third-order valence-corrected chi connectivity index (χ3v) is 6.22. The Hall–Kier alpha value is -2.44. The highest BCUT2D eigenvalue weighted by Gasteiger charge is 2.48. The summed E-state index contributed by atoms with van der Waals surface area (Å²) < 4.78 is 19.7. The van der Waals surface area contributed by atoms with E-state index in [1.807, 2.05) is 25.1 Å². The molecule has 1 spiro atoms. The van der Waals surface area contributed by atoms with Gasteiger partial charge in [-0.2, -0.15) is 0 Å². The number of nitrogens with zero attached hydrogens (tertiary/aromatic N) is 2. The molecule has 0 atom stereocenters. The van der Waals surface area contributed by atoms with E-state index >= 15 is 0 Å². The number of ether oxygens (including phenoxy) is 1. The van der Waals surface area contributed by atoms with Crippen molar-refractivity contribution in [2.45, 2.75) is 51.3 Å². The number of amides is 1. The lowest BCUT2D eigenvalue weighted by Gasteiger charge is -2.43. The van der Waals surface area contributed by atoms with Crippen molar-refractivity contribution >= 4 is 5.91 Å². The molecule has 0 unspecified atom stereocenters. The van der Waals surface area contributed by atoms with E-state index in [0.717, 1.165) is 44.6 Å². The van der Waals surface area contributed by atoms with Crippen LogP contribution in [0.2, 0.25) is 0 Å². The van der Waals surface area contributed by atoms with Crippen LogP contribution in [-0.2, 0) is 22.8 Å². The highest BCUT2D eigenvalue weighted by atomic mass is 19.1. The summed E-state index contributed by atoms with van der Waals surface area (Å²) >= 11 is 0. The number of carbonyl (C=O) groups is 1. The number of para-hydroxylation sites is 1. The van der Waals surface area contributed by atoms with Crippen LogP contribution < -0.4 is 4.74 Å². The van der Waals surface area contributed by atoms with Gasteiger partial charge in [-0.3, -0.25) is 14.5 Å². The number of hydroxylamine groups is 2. The third kappa shape index (κ3) is 4.35. The van der Waals surface area contributed by atoms with Gasteiger partial charge in [-0.1, -0.05) is 36.4 Å². The van der Waals surface area contributed by atoms with Gasteiger partial charge in [0.25, 0.3) is 0 Å². The monoisotopic (exact) mass is 412 g/mol. The normalized spacial score (nSPS) is 18.9. The van der Waals surface area contributed by atoms with Crippen LogP contribution in [0.15, 0.2) is 48.5 Å². The Bertz CT molecular complexity index is 880. The quantitative estimate of drug-likeness (QED) is 0.680. The SMILES string of the molecule is CCOc1ccccc1CN1CCC2(CCC(=O)N2OCc2ccccc2F)CC1. The maximum absolute atomic E-state index is 13.9. The zero-order valence-corrected chi connectivity index (χ0v) is 17.5. The molecule has 4 rings (SSSR count). The molecule has 2 saturated heterocycles. The van der Waals surface area contributed by atoms with Gasteiger partial charge < -0.3 is 4.74 Å². The fourth-order valence-electron chi connectivity index (χ4n) is 4.52. The Balaban J connectivity index is 1.38. The molecule has 0 saturated carbocycles. The van der Waals surface area contributed by atoms with Crippen LogP contribution in [0.4, 0.5) is 4.39 Å². The van der Waals surface area contributed by atoms with E-state index in [-0.39, 0.29) is 23.9 Å². The summed E-state index contributed by atoms with van der Waals surface area (Å²) in [5.74, 6) is 0.633. The van der Waals surface area contributed by atoms with E-state index in [4.69, 9.17) is 9.57 Å². The Morgan fingerprint density at radius 2 is 1.70 bits per heavy atom. The van der Waals surface area contributed by atoms with E-state index in [1.54, 1.807) is 23.3 Å². The van der Waals surface area contributed by atoms with Crippen molar-refractivity contribution in [1.29, 1.82) is 0 Å². The molecule has 2 aliphatic rings. The number of hydrogen-bond donors (Lipinski definition) is 0. The molecule has 2 aromatic rings. The minimum atomic E-state index is -0.305. The first-order valence-electron chi connectivity index (χ1n) is 10.7. The highest BCUT2D eigenvalue weighted by Crippen LogP contribution is 2.40. The van der Waals surface area contributed by atoms with Gasteiger partial charge >= 0.3 is 0 Å². The van der Waals surface area contributed by atoms with Crippen molar-refractivity contribution in [2.24, 2.45) is 0 Å². The molecule has 0 aromatic heterocycles. The Kier molecular flexibility index (Phi) is 6.35. The number of rotatable bonds is 7. The van der Waals surface area contributed by atoms with Crippen LogP contribution in [0.1, 0.15) is 43.7 Å². The van der Waals surface area contributed by atoms with Gasteiger partial charge in [0.15, 0.2) is 0 Å². The summed E-state index contributed by atoms with van der Waals surface area (Å²) in [6.07, 6.45) is 3.00. The van der Waals surface area contributed by atoms with E-state index in [0.29, 0.717) is 18.6 Å². The number of hydrogen-bond acceptors (Lipinski definition) is 4. The first-order valence-corrected chi connectivity index (χ1v) is 10.7. The van der Waals surface area contributed by atoms with Crippen molar-refractivity contribution in [1.82, 2.24) is 9.96 Å². The number of carbonyl (C=O) groups excluding carboxylic acids is 1. The molecular formula is C24H29FN2O3. The highest BCUT2D eigenvalue weighted by molar-refractivity contribution is 5.78. The average Bonchev–Trinajstić information content (AvgIpc) is 3.06. The van der Waals surface area contributed by atoms with Crippen LogP contribution >= 0.6 is 0 Å². The van der Waals surface area contributed by atoms with Gasteiger partial charge in [0.1, 0.15) is 18.2 Å². The van der Waals surface area contributed by atoms with Gasteiger partial charge in [0.05, 0.1) is 12.1 Å². The fraction of sp³-hybridized carbons (Fsp3) is 0.458. The van der Waals surface area contributed by atoms with Crippen molar-refractivity contribution in [3.8, 4) is 5.75 Å². The first-order chi connectivity index (χ1) is 14.6. The Morgan fingerprint density at radius 3 is 2.43 bits per heavy atom. The molecule has 2 aromatic carbocycles. The first kappa shape index (κ1) is 20.8. The lowest BCUT2D eigenvalue weighted by molar-refractivity contribution is -0.223. The minimum absolute atomic E-state index is 0.00137. The summed E-state index contributed by atoms with van der Waals surface area (Å²) in [6, 6.07) is 14.7. The van der Waals surface area contributed by atoms with Crippen LogP contribution in [-0.4, -0.2) is 41.1 Å². The lowest BCUT2D eigenvalue weighted by atomic mass is 9.86. The molecule has 5 nitrogen and oxygen atoms in total. The lowest BCUT2D eigenvalue weighted by Crippen LogP contribution is -2.52. The molecule has 0 radical (unpaired) electrons. The third-order valence-electron chi connectivity index (χ3n) is 6.22. The molecular weight excluding hydrogens is 383 g/mol. The summed E-state index contributed by atoms with van der Waals surface area (Å²) in [5, 5.41) is 1.56. The largest absolute Gasteiger partial charge is 0.494 e. The second-order valence-electron chi connectivity index (χ2n) is 8.09. The zero-order chi connectivity index (χ0) is 21.0.